The number of aromatic nitrogens is 1. The van der Waals surface area contributed by atoms with Crippen molar-refractivity contribution in [1.82, 2.24) is 9.65 Å². The van der Waals surface area contributed by atoms with Crippen LogP contribution in [-0.4, -0.2) is 26.8 Å². The van der Waals surface area contributed by atoms with Crippen molar-refractivity contribution in [2.24, 2.45) is 0 Å². The van der Waals surface area contributed by atoms with E-state index < -0.39 is 17.8 Å². The van der Waals surface area contributed by atoms with Gasteiger partial charge in [0.25, 0.3) is 0 Å². The van der Waals surface area contributed by atoms with Crippen LogP contribution in [0.15, 0.2) is 64.0 Å². The fourth-order valence-electron chi connectivity index (χ4n) is 2.94. The number of benzene rings is 2. The van der Waals surface area contributed by atoms with Gasteiger partial charge in [-0.05, 0) is 38.5 Å². The topological polar surface area (TPSA) is 108 Å². The maximum Gasteiger partial charge on any atom is 0.419 e. The number of nitrogens with zero attached hydrogens (tertiary/aromatic N) is 1. The van der Waals surface area contributed by atoms with Crippen LogP contribution in [0.5, 0.6) is 0 Å². The van der Waals surface area contributed by atoms with Crippen LogP contribution in [0, 0.1) is 6.92 Å². The van der Waals surface area contributed by atoms with E-state index in [0.29, 0.717) is 11.5 Å². The summed E-state index contributed by atoms with van der Waals surface area (Å²) in [6.45, 7) is 5.06. The molecule has 2 aromatic carbocycles. The fourth-order valence-corrected chi connectivity index (χ4v) is 6.21. The minimum absolute atomic E-state index is 0.0355. The number of sulfonamides is 1. The Balaban J connectivity index is 1.93. The Morgan fingerprint density at radius 1 is 0.967 bits per heavy atom. The molecule has 0 fully saturated rings. The van der Waals surface area contributed by atoms with Gasteiger partial charge in [0.2, 0.25) is 10.0 Å². The molecule has 0 radical (unpaired) electrons. The first-order valence-corrected chi connectivity index (χ1v) is 12.4. The Morgan fingerprint density at radius 2 is 1.57 bits per heavy atom. The quantitative estimate of drug-likeness (QED) is 0.468. The van der Waals surface area contributed by atoms with Gasteiger partial charge in [0.15, 0.2) is 0 Å². The van der Waals surface area contributed by atoms with Crippen molar-refractivity contribution < 1.29 is 26.6 Å². The predicted octanol–water partition coefficient (Wildman–Crippen LogP) is 4.78. The van der Waals surface area contributed by atoms with E-state index in [1.54, 1.807) is 32.9 Å². The summed E-state index contributed by atoms with van der Waals surface area (Å²) in [5.41, 5.74) is 3.06. The third kappa shape index (κ3) is 4.88. The van der Waals surface area contributed by atoms with Gasteiger partial charge in [0.05, 0.1) is 23.7 Å². The maximum atomic E-state index is 12.7. The third-order valence-corrected chi connectivity index (χ3v) is 8.14. The lowest BCUT2D eigenvalue weighted by atomic mass is 10.00. The average molecular weight is 450 g/mol. The van der Waals surface area contributed by atoms with Crippen molar-refractivity contribution in [3.8, 4) is 22.4 Å². The van der Waals surface area contributed by atoms with Crippen LogP contribution in [0.25, 0.3) is 22.4 Å². The van der Waals surface area contributed by atoms with Crippen LogP contribution in [0.4, 0.5) is 0 Å². The van der Waals surface area contributed by atoms with Gasteiger partial charge in [-0.25, -0.2) is 13.0 Å². The highest BCUT2D eigenvalue weighted by molar-refractivity contribution is 7.94. The normalized spacial score (nSPS) is 12.2. The second-order valence-corrected chi connectivity index (χ2v) is 10.0. The SMILES string of the molecule is CCOP(=O)(NS(=O)(=O)c1ccc(-c2c(-c3ccccc3)noc2C)cc1)OCC. The number of hydrogen-bond acceptors (Lipinski definition) is 7. The molecule has 0 atom stereocenters. The van der Waals surface area contributed by atoms with Crippen molar-refractivity contribution in [2.75, 3.05) is 13.2 Å². The highest BCUT2D eigenvalue weighted by atomic mass is 32.2. The molecule has 3 rings (SSSR count). The first-order valence-electron chi connectivity index (χ1n) is 9.35. The molecule has 0 aliphatic carbocycles. The summed E-state index contributed by atoms with van der Waals surface area (Å²) in [5, 5.41) is 4.15. The van der Waals surface area contributed by atoms with Crippen molar-refractivity contribution in [1.29, 1.82) is 0 Å². The number of hydrogen-bond donors (Lipinski definition) is 1. The van der Waals surface area contributed by atoms with E-state index in [1.807, 2.05) is 34.8 Å². The second-order valence-electron chi connectivity index (χ2n) is 6.28. The van der Waals surface area contributed by atoms with Gasteiger partial charge < -0.3 is 4.52 Å². The van der Waals surface area contributed by atoms with Crippen LogP contribution < -0.4 is 4.49 Å². The smallest absolute Gasteiger partial charge is 0.360 e. The molecule has 0 saturated heterocycles. The summed E-state index contributed by atoms with van der Waals surface area (Å²) < 4.78 is 55.3. The van der Waals surface area contributed by atoms with Gasteiger partial charge >= 0.3 is 7.75 Å². The summed E-state index contributed by atoms with van der Waals surface area (Å²) in [7, 11) is -8.11. The molecule has 1 heterocycles. The van der Waals surface area contributed by atoms with Crippen LogP contribution in [0.3, 0.4) is 0 Å². The van der Waals surface area contributed by atoms with E-state index in [0.717, 1.165) is 16.7 Å². The molecule has 0 aliphatic heterocycles. The molecular formula is C20H23N2O6PS. The lowest BCUT2D eigenvalue weighted by Gasteiger charge is -2.17. The molecular weight excluding hydrogens is 427 g/mol. The maximum absolute atomic E-state index is 12.7. The minimum Gasteiger partial charge on any atom is -0.360 e. The van der Waals surface area contributed by atoms with Crippen LogP contribution in [0.1, 0.15) is 19.6 Å². The van der Waals surface area contributed by atoms with Gasteiger partial charge in [0.1, 0.15) is 11.5 Å². The lowest BCUT2D eigenvalue weighted by molar-refractivity contribution is 0.217. The highest BCUT2D eigenvalue weighted by Gasteiger charge is 2.31. The Bertz CT molecular complexity index is 1130. The molecule has 10 heteroatoms. The summed E-state index contributed by atoms with van der Waals surface area (Å²) >= 11 is 0. The molecule has 0 saturated carbocycles. The van der Waals surface area contributed by atoms with Crippen molar-refractivity contribution in [3.63, 3.8) is 0 Å². The zero-order valence-corrected chi connectivity index (χ0v) is 18.6. The average Bonchev–Trinajstić information content (AvgIpc) is 3.10. The summed E-state index contributed by atoms with van der Waals surface area (Å²) in [4.78, 5) is -0.0683. The standard InChI is InChI=1S/C20H23N2O6PS/c1-4-26-29(23,27-5-2)22-30(24,25)18-13-11-16(12-14-18)19-15(3)28-21-20(19)17-9-7-6-8-10-17/h6-14H,4-5H2,1-3H3,(H,22,23). The molecule has 30 heavy (non-hydrogen) atoms. The van der Waals surface area contributed by atoms with Crippen molar-refractivity contribution >= 4 is 17.8 Å². The van der Waals surface area contributed by atoms with Crippen LogP contribution in [0.2, 0.25) is 0 Å². The van der Waals surface area contributed by atoms with Gasteiger partial charge in [0, 0.05) is 5.56 Å². The molecule has 160 valence electrons. The first-order chi connectivity index (χ1) is 14.3. The summed E-state index contributed by atoms with van der Waals surface area (Å²) in [6.07, 6.45) is 0. The molecule has 1 aromatic heterocycles. The molecule has 0 bridgehead atoms. The van der Waals surface area contributed by atoms with Crippen molar-refractivity contribution in [3.05, 3.63) is 60.4 Å². The lowest BCUT2D eigenvalue weighted by Crippen LogP contribution is -2.23. The zero-order valence-electron chi connectivity index (χ0n) is 16.9. The van der Waals surface area contributed by atoms with Crippen LogP contribution in [-0.2, 0) is 23.6 Å². The predicted molar refractivity (Wildman–Crippen MR) is 113 cm³/mol. The van der Waals surface area contributed by atoms with E-state index in [2.05, 4.69) is 5.16 Å². The van der Waals surface area contributed by atoms with Crippen molar-refractivity contribution in [2.45, 2.75) is 25.7 Å². The molecule has 0 amide bonds. The molecule has 0 spiro atoms. The molecule has 0 aliphatic rings. The molecule has 3 aromatic rings. The highest BCUT2D eigenvalue weighted by Crippen LogP contribution is 2.45. The van der Waals surface area contributed by atoms with Gasteiger partial charge in [-0.3, -0.25) is 9.05 Å². The van der Waals surface area contributed by atoms with E-state index in [-0.39, 0.29) is 18.1 Å². The number of nitrogens with one attached hydrogen (secondary N) is 1. The summed E-state index contributed by atoms with van der Waals surface area (Å²) in [5.74, 6) is 0.611. The minimum atomic E-state index is -4.12. The Hall–Kier alpha value is -2.29. The van der Waals surface area contributed by atoms with E-state index in [9.17, 15) is 13.0 Å². The Morgan fingerprint density at radius 3 is 2.13 bits per heavy atom. The first kappa shape index (κ1) is 22.4. The third-order valence-electron chi connectivity index (χ3n) is 4.19. The Labute approximate surface area is 175 Å². The van der Waals surface area contributed by atoms with E-state index >= 15 is 0 Å². The summed E-state index contributed by atoms with van der Waals surface area (Å²) in [6, 6.07) is 15.7. The monoisotopic (exact) mass is 450 g/mol. The van der Waals surface area contributed by atoms with Gasteiger partial charge in [-0.2, -0.15) is 0 Å². The van der Waals surface area contributed by atoms with E-state index in [1.165, 1.54) is 12.1 Å². The zero-order chi connectivity index (χ0) is 21.8. The number of rotatable bonds is 9. The van der Waals surface area contributed by atoms with E-state index in [4.69, 9.17) is 13.6 Å². The number of aryl methyl sites for hydroxylation is 1. The van der Waals surface area contributed by atoms with Gasteiger partial charge in [-0.15, -0.1) is 4.49 Å². The fraction of sp³-hybridized carbons (Fsp3) is 0.250. The second kappa shape index (κ2) is 9.24. The Kier molecular flexibility index (Phi) is 6.90. The molecule has 0 unspecified atom stereocenters. The molecule has 8 nitrogen and oxygen atoms in total. The molecule has 1 N–H and O–H groups in total. The largest absolute Gasteiger partial charge is 0.419 e. The van der Waals surface area contributed by atoms with Crippen LogP contribution >= 0.6 is 7.75 Å². The van der Waals surface area contributed by atoms with Gasteiger partial charge in [-0.1, -0.05) is 47.6 Å².